The summed E-state index contributed by atoms with van der Waals surface area (Å²) in [4.78, 5) is 29.2. The van der Waals surface area contributed by atoms with Crippen molar-refractivity contribution in [1.29, 1.82) is 0 Å². The number of imidazole rings is 2. The molecule has 0 unspecified atom stereocenters. The summed E-state index contributed by atoms with van der Waals surface area (Å²) in [5.74, 6) is -0.196. The molecule has 0 aromatic carbocycles. The molecule has 1 N–H and O–H groups in total. The quantitative estimate of drug-likeness (QED) is 0.328. The Labute approximate surface area is 132 Å². The van der Waals surface area contributed by atoms with Gasteiger partial charge in [-0.1, -0.05) is 0 Å². The molecule has 0 amide bonds. The topological polar surface area (TPSA) is 115 Å². The molecule has 0 bridgehead atoms. The summed E-state index contributed by atoms with van der Waals surface area (Å²) in [6, 6.07) is 0. The van der Waals surface area contributed by atoms with E-state index in [4.69, 9.17) is 0 Å². The first-order chi connectivity index (χ1) is 9.16. The number of nitro groups is 1. The number of nitrogens with one attached hydrogen (secondary N) is 1. The molecule has 96 valence electrons. The molecule has 0 radical (unpaired) electrons. The zero-order chi connectivity index (χ0) is 13.4. The summed E-state index contributed by atoms with van der Waals surface area (Å²) in [6.07, 6.45) is 4.26. The van der Waals surface area contributed by atoms with Crippen LogP contribution < -0.4 is 0 Å². The van der Waals surface area contributed by atoms with Gasteiger partial charge in [0, 0.05) is 7.05 Å². The van der Waals surface area contributed by atoms with Crippen LogP contribution in [0, 0.1) is 10.1 Å². The number of fused-ring (bicyclic) bond motifs is 1. The van der Waals surface area contributed by atoms with E-state index in [0.717, 1.165) is 11.8 Å². The van der Waals surface area contributed by atoms with Crippen molar-refractivity contribution in [2.24, 2.45) is 7.05 Å². The number of aromatic nitrogens is 6. The van der Waals surface area contributed by atoms with E-state index in [1.54, 1.807) is 11.6 Å². The molecule has 0 atom stereocenters. The van der Waals surface area contributed by atoms with E-state index in [1.165, 1.54) is 19.0 Å². The van der Waals surface area contributed by atoms with Gasteiger partial charge in [0.25, 0.3) is 0 Å². The zero-order valence-corrected chi connectivity index (χ0v) is 12.6. The zero-order valence-electron chi connectivity index (χ0n) is 10.3. The Morgan fingerprint density at radius 1 is 1.35 bits per heavy atom. The first-order valence-corrected chi connectivity index (χ1v) is 5.96. The molecule has 0 saturated carbocycles. The van der Waals surface area contributed by atoms with E-state index in [-0.39, 0.29) is 28.9 Å². The fraction of sp³-hybridized carbons (Fsp3) is 0.111. The third-order valence-electron chi connectivity index (χ3n) is 2.42. The van der Waals surface area contributed by atoms with Crippen molar-refractivity contribution in [3.8, 4) is 0 Å². The fourth-order valence-electron chi connectivity index (χ4n) is 1.56. The van der Waals surface area contributed by atoms with Crippen LogP contribution in [0.2, 0.25) is 0 Å². The maximum absolute atomic E-state index is 10.9. The average Bonchev–Trinajstić information content (AvgIpc) is 2.97. The van der Waals surface area contributed by atoms with Crippen molar-refractivity contribution in [2.75, 3.05) is 0 Å². The van der Waals surface area contributed by atoms with Crippen LogP contribution in [0.5, 0.6) is 0 Å². The molecule has 9 nitrogen and oxygen atoms in total. The van der Waals surface area contributed by atoms with Crippen molar-refractivity contribution in [1.82, 2.24) is 29.5 Å². The van der Waals surface area contributed by atoms with Gasteiger partial charge in [-0.3, -0.25) is 0 Å². The van der Waals surface area contributed by atoms with Crippen LogP contribution in [-0.2, 0) is 7.05 Å². The number of aromatic amines is 1. The third-order valence-corrected chi connectivity index (χ3v) is 3.59. The smallest absolute Gasteiger partial charge is 0.358 e. The predicted octanol–water partition coefficient (Wildman–Crippen LogP) is 0.765. The Bertz CT molecular complexity index is 771. The molecule has 0 spiro atoms. The molecular weight excluding hydrogens is 295 g/mol. The van der Waals surface area contributed by atoms with E-state index in [2.05, 4.69) is 24.9 Å². The van der Waals surface area contributed by atoms with Gasteiger partial charge in [0.05, 0.1) is 6.33 Å². The Hall–Kier alpha value is -1.72. The third kappa shape index (κ3) is 2.46. The normalized spacial score (nSPS) is 10.4. The second-order valence-corrected chi connectivity index (χ2v) is 4.60. The van der Waals surface area contributed by atoms with Crippen LogP contribution in [0.4, 0.5) is 5.82 Å². The maximum Gasteiger partial charge on any atom is 2.00 e. The Kier molecular flexibility index (Phi) is 4.20. The Morgan fingerprint density at radius 2 is 2.15 bits per heavy atom. The van der Waals surface area contributed by atoms with Gasteiger partial charge < -0.3 is 19.7 Å². The minimum Gasteiger partial charge on any atom is -0.358 e. The van der Waals surface area contributed by atoms with Gasteiger partial charge >= 0.3 is 28.9 Å². The summed E-state index contributed by atoms with van der Waals surface area (Å²) in [5, 5.41) is 11.9. The minimum atomic E-state index is -0.520. The van der Waals surface area contributed by atoms with E-state index >= 15 is 0 Å². The summed E-state index contributed by atoms with van der Waals surface area (Å²) in [6.45, 7) is 0. The number of rotatable bonds is 3. The fourth-order valence-corrected chi connectivity index (χ4v) is 2.51. The van der Waals surface area contributed by atoms with Crippen molar-refractivity contribution in [2.45, 2.75) is 10.1 Å². The molecule has 0 fully saturated rings. The molecule has 0 aliphatic carbocycles. The maximum atomic E-state index is 10.9. The van der Waals surface area contributed by atoms with Gasteiger partial charge in [-0.25, -0.2) is 15.0 Å². The number of aryl methyl sites for hydroxylation is 1. The van der Waals surface area contributed by atoms with Crippen LogP contribution >= 0.6 is 11.8 Å². The standard InChI is InChI=1S/C9H7N7O2S.Mg/c1-15-4-14-7(16(17)18)9(15)19-8-5-6(11-2-10-5)12-3-13-8;/h2-4H,1H3,(H,10,11,12,13);/q;+2. The molecule has 0 aliphatic rings. The Morgan fingerprint density at radius 3 is 2.90 bits per heavy atom. The van der Waals surface area contributed by atoms with Crippen LogP contribution in [0.3, 0.4) is 0 Å². The van der Waals surface area contributed by atoms with E-state index in [9.17, 15) is 10.1 Å². The second-order valence-electron chi connectivity index (χ2n) is 3.62. The summed E-state index contributed by atoms with van der Waals surface area (Å²) >= 11 is 1.15. The van der Waals surface area contributed by atoms with E-state index in [1.807, 2.05) is 0 Å². The van der Waals surface area contributed by atoms with Gasteiger partial charge in [-0.05, 0) is 21.7 Å². The molecule has 3 aromatic rings. The minimum absolute atomic E-state index is 0. The van der Waals surface area contributed by atoms with Crippen molar-refractivity contribution >= 4 is 51.8 Å². The first kappa shape index (κ1) is 14.7. The van der Waals surface area contributed by atoms with Crippen molar-refractivity contribution in [3.63, 3.8) is 0 Å². The monoisotopic (exact) mass is 301 g/mol. The SMILES string of the molecule is Cn1cnc([N+](=O)[O-])c1Sc1ncnc2nc[nH]c12.[Mg+2]. The number of hydrogen-bond donors (Lipinski definition) is 1. The number of hydrogen-bond acceptors (Lipinski definition) is 7. The molecule has 0 aliphatic heterocycles. The molecule has 3 aromatic heterocycles. The molecule has 3 heterocycles. The van der Waals surface area contributed by atoms with E-state index in [0.29, 0.717) is 21.2 Å². The summed E-state index contributed by atoms with van der Waals surface area (Å²) in [5.41, 5.74) is 1.16. The van der Waals surface area contributed by atoms with Gasteiger partial charge in [0.2, 0.25) is 6.33 Å². The molecule has 11 heteroatoms. The van der Waals surface area contributed by atoms with Crippen molar-refractivity contribution in [3.05, 3.63) is 29.1 Å². The summed E-state index contributed by atoms with van der Waals surface area (Å²) < 4.78 is 1.58. The van der Waals surface area contributed by atoms with Gasteiger partial charge in [-0.2, -0.15) is 0 Å². The molecular formula is C9H7MgN7O2S+2. The molecule has 3 rings (SSSR count). The van der Waals surface area contributed by atoms with Crippen LogP contribution in [0.1, 0.15) is 0 Å². The first-order valence-electron chi connectivity index (χ1n) is 5.14. The van der Waals surface area contributed by atoms with Gasteiger partial charge in [-0.15, -0.1) is 0 Å². The molecule has 0 saturated heterocycles. The summed E-state index contributed by atoms with van der Waals surface area (Å²) in [7, 11) is 1.69. The Balaban J connectivity index is 0.00000147. The van der Waals surface area contributed by atoms with Crippen LogP contribution in [0.15, 0.2) is 29.0 Å². The van der Waals surface area contributed by atoms with Crippen LogP contribution in [0.25, 0.3) is 11.2 Å². The average molecular weight is 302 g/mol. The van der Waals surface area contributed by atoms with E-state index < -0.39 is 4.92 Å². The predicted molar refractivity (Wildman–Crippen MR) is 71.4 cm³/mol. The number of H-pyrrole nitrogens is 1. The van der Waals surface area contributed by atoms with Crippen LogP contribution in [-0.4, -0.2) is 57.5 Å². The van der Waals surface area contributed by atoms with Gasteiger partial charge in [0.1, 0.15) is 16.9 Å². The largest absolute Gasteiger partial charge is 2.00 e. The second kappa shape index (κ2) is 5.72. The van der Waals surface area contributed by atoms with Crippen molar-refractivity contribution < 1.29 is 4.92 Å². The molecule has 20 heavy (non-hydrogen) atoms. The van der Waals surface area contributed by atoms with Gasteiger partial charge in [0.15, 0.2) is 10.7 Å². The number of nitrogens with zero attached hydrogens (tertiary/aromatic N) is 6.